The second-order valence-electron chi connectivity index (χ2n) is 12.5. The van der Waals surface area contributed by atoms with E-state index in [-0.39, 0.29) is 17.4 Å². The van der Waals surface area contributed by atoms with E-state index in [0.717, 1.165) is 0 Å². The number of benzene rings is 2. The van der Waals surface area contributed by atoms with Crippen LogP contribution in [-0.2, 0) is 42.4 Å². The van der Waals surface area contributed by atoms with Crippen LogP contribution in [0, 0.1) is 0 Å². The van der Waals surface area contributed by atoms with E-state index < -0.39 is 13.9 Å². The molecule has 254 valence electrons. The lowest BCUT2D eigenvalue weighted by Crippen LogP contribution is -2.66. The highest BCUT2D eigenvalue weighted by Crippen LogP contribution is 2.36. The van der Waals surface area contributed by atoms with Crippen molar-refractivity contribution in [3.8, 4) is 0 Å². The summed E-state index contributed by atoms with van der Waals surface area (Å²) in [5.74, 6) is -0.260. The highest BCUT2D eigenvalue weighted by molar-refractivity contribution is 6.99. The lowest BCUT2D eigenvalue weighted by atomic mass is 10.2. The first-order valence-electron chi connectivity index (χ1n) is 16.0. The Bertz CT molecular complexity index is 983. The first-order valence-corrected chi connectivity index (χ1v) is 17.9. The molecule has 0 spiro atoms. The largest absolute Gasteiger partial charge is 0.460 e. The Balaban J connectivity index is 1.45. The van der Waals surface area contributed by atoms with Crippen molar-refractivity contribution in [1.82, 2.24) is 0 Å². The SMILES string of the molecule is CC(C)(C)OC(=O)CCOCCOCCOCCOCCOCCOCCO[Si](c1ccccc1)(c1ccccc1)C(C)(C)C. The van der Waals surface area contributed by atoms with E-state index >= 15 is 0 Å². The fraction of sp³-hybridized carbons (Fsp3) is 0.629. The molecule has 0 aliphatic carbocycles. The van der Waals surface area contributed by atoms with E-state index in [0.29, 0.717) is 85.9 Å². The summed E-state index contributed by atoms with van der Waals surface area (Å²) in [6.07, 6.45) is 0.235. The number of rotatable bonds is 24. The lowest BCUT2D eigenvalue weighted by molar-refractivity contribution is -0.156. The molecule has 0 atom stereocenters. The summed E-state index contributed by atoms with van der Waals surface area (Å²) in [7, 11) is -2.53. The van der Waals surface area contributed by atoms with Gasteiger partial charge in [-0.05, 0) is 36.2 Å². The third-order valence-corrected chi connectivity index (χ3v) is 11.7. The maximum atomic E-state index is 11.6. The Kier molecular flexibility index (Phi) is 18.7. The molecule has 10 heteroatoms. The Morgan fingerprint density at radius 3 is 1.18 bits per heavy atom. The van der Waals surface area contributed by atoms with Gasteiger partial charge in [-0.25, -0.2) is 0 Å². The molecule has 0 fully saturated rings. The summed E-state index contributed by atoms with van der Waals surface area (Å²) < 4.78 is 45.4. The van der Waals surface area contributed by atoms with Crippen molar-refractivity contribution in [3.63, 3.8) is 0 Å². The fourth-order valence-electron chi connectivity index (χ4n) is 4.76. The lowest BCUT2D eigenvalue weighted by Gasteiger charge is -2.43. The third kappa shape index (κ3) is 15.8. The summed E-state index contributed by atoms with van der Waals surface area (Å²) >= 11 is 0. The van der Waals surface area contributed by atoms with Crippen molar-refractivity contribution in [2.24, 2.45) is 0 Å². The molecule has 0 radical (unpaired) electrons. The summed E-state index contributed by atoms with van der Waals surface area (Å²) in [6.45, 7) is 18.5. The Labute approximate surface area is 271 Å². The molecule has 0 unspecified atom stereocenters. The molecule has 2 rings (SSSR count). The van der Waals surface area contributed by atoms with Crippen molar-refractivity contribution in [2.45, 2.75) is 58.6 Å². The molecule has 2 aromatic carbocycles. The van der Waals surface area contributed by atoms with Crippen LogP contribution < -0.4 is 10.4 Å². The minimum atomic E-state index is -2.53. The van der Waals surface area contributed by atoms with E-state index in [1.165, 1.54) is 10.4 Å². The molecule has 0 N–H and O–H groups in total. The van der Waals surface area contributed by atoms with Gasteiger partial charge in [0, 0.05) is 0 Å². The second-order valence-corrected chi connectivity index (χ2v) is 16.8. The van der Waals surface area contributed by atoms with Gasteiger partial charge in [-0.2, -0.15) is 0 Å². The van der Waals surface area contributed by atoms with Crippen LogP contribution in [0.25, 0.3) is 0 Å². The summed E-state index contributed by atoms with van der Waals surface area (Å²) in [6, 6.07) is 21.2. The van der Waals surface area contributed by atoms with Crippen LogP contribution in [0.5, 0.6) is 0 Å². The van der Waals surface area contributed by atoms with Gasteiger partial charge in [0.05, 0.1) is 92.3 Å². The maximum Gasteiger partial charge on any atom is 0.308 e. The molecular formula is C35H56O9Si. The van der Waals surface area contributed by atoms with Gasteiger partial charge in [0.15, 0.2) is 0 Å². The zero-order chi connectivity index (χ0) is 32.9. The third-order valence-electron chi connectivity index (χ3n) is 6.69. The van der Waals surface area contributed by atoms with Gasteiger partial charge in [0.1, 0.15) is 5.60 Å². The Hall–Kier alpha value is -2.15. The molecule has 0 amide bonds. The molecule has 0 saturated heterocycles. The standard InChI is InChI=1S/C35H56O9Si/c1-34(2,3)44-33(36)17-18-37-19-20-38-21-22-39-23-24-40-25-26-41-27-28-42-29-30-43-45(35(4,5)6,31-13-9-7-10-14-31)32-15-11-8-12-16-32/h7-16H,17-30H2,1-6H3. The average molecular weight is 649 g/mol. The zero-order valence-corrected chi connectivity index (χ0v) is 29.3. The predicted octanol–water partition coefficient (Wildman–Crippen LogP) is 4.39. The molecule has 9 nitrogen and oxygen atoms in total. The molecule has 0 aliphatic rings. The van der Waals surface area contributed by atoms with Gasteiger partial charge in [0.25, 0.3) is 8.32 Å². The highest BCUT2D eigenvalue weighted by atomic mass is 28.4. The second kappa shape index (κ2) is 21.6. The molecule has 0 saturated carbocycles. The predicted molar refractivity (Wildman–Crippen MR) is 179 cm³/mol. The number of hydrogen-bond donors (Lipinski definition) is 0. The number of ether oxygens (including phenoxy) is 7. The number of carbonyl (C=O) groups is 1. The van der Waals surface area contributed by atoms with E-state index in [2.05, 4.69) is 81.4 Å². The molecular weight excluding hydrogens is 592 g/mol. The number of carbonyl (C=O) groups excluding carboxylic acids is 1. The molecule has 0 aromatic heterocycles. The fourth-order valence-corrected chi connectivity index (χ4v) is 9.31. The van der Waals surface area contributed by atoms with Crippen molar-refractivity contribution in [3.05, 3.63) is 60.7 Å². The zero-order valence-electron chi connectivity index (χ0n) is 28.3. The van der Waals surface area contributed by atoms with Crippen LogP contribution in [0.2, 0.25) is 5.04 Å². The highest BCUT2D eigenvalue weighted by Gasteiger charge is 2.50. The minimum Gasteiger partial charge on any atom is -0.460 e. The van der Waals surface area contributed by atoms with Crippen LogP contribution in [0.15, 0.2) is 60.7 Å². The van der Waals surface area contributed by atoms with Crippen molar-refractivity contribution >= 4 is 24.7 Å². The van der Waals surface area contributed by atoms with Crippen molar-refractivity contribution in [2.75, 3.05) is 85.9 Å². The van der Waals surface area contributed by atoms with Crippen LogP contribution >= 0.6 is 0 Å². The molecule has 0 bridgehead atoms. The summed E-state index contributed by atoms with van der Waals surface area (Å²) in [5, 5.41) is 2.47. The van der Waals surface area contributed by atoms with Gasteiger partial charge in [-0.3, -0.25) is 4.79 Å². The average Bonchev–Trinajstić information content (AvgIpc) is 2.99. The van der Waals surface area contributed by atoms with Gasteiger partial charge in [-0.1, -0.05) is 81.4 Å². The van der Waals surface area contributed by atoms with Gasteiger partial charge in [-0.15, -0.1) is 0 Å². The van der Waals surface area contributed by atoms with Crippen LogP contribution in [0.1, 0.15) is 48.0 Å². The number of hydrogen-bond acceptors (Lipinski definition) is 9. The van der Waals surface area contributed by atoms with Crippen LogP contribution in [-0.4, -0.2) is 106 Å². The van der Waals surface area contributed by atoms with E-state index in [1.807, 2.05) is 20.8 Å². The topological polar surface area (TPSA) is 90.9 Å². The monoisotopic (exact) mass is 648 g/mol. The quantitative estimate of drug-likeness (QED) is 0.0934. The Morgan fingerprint density at radius 1 is 0.511 bits per heavy atom. The first kappa shape index (κ1) is 39.0. The normalized spacial score (nSPS) is 12.4. The summed E-state index contributed by atoms with van der Waals surface area (Å²) in [4.78, 5) is 11.6. The van der Waals surface area contributed by atoms with Crippen molar-refractivity contribution < 1.29 is 42.4 Å². The van der Waals surface area contributed by atoms with Crippen molar-refractivity contribution in [1.29, 1.82) is 0 Å². The van der Waals surface area contributed by atoms with E-state index in [4.69, 9.17) is 37.6 Å². The van der Waals surface area contributed by atoms with Crippen LogP contribution in [0.4, 0.5) is 0 Å². The maximum absolute atomic E-state index is 11.6. The number of esters is 1. The molecule has 0 heterocycles. The Morgan fingerprint density at radius 2 is 0.844 bits per heavy atom. The van der Waals surface area contributed by atoms with Gasteiger partial charge < -0.3 is 37.6 Å². The molecule has 2 aromatic rings. The van der Waals surface area contributed by atoms with Gasteiger partial charge in [0.2, 0.25) is 0 Å². The summed E-state index contributed by atoms with van der Waals surface area (Å²) in [5.41, 5.74) is -0.472. The van der Waals surface area contributed by atoms with Crippen LogP contribution in [0.3, 0.4) is 0 Å². The molecule has 0 aliphatic heterocycles. The van der Waals surface area contributed by atoms with Gasteiger partial charge >= 0.3 is 5.97 Å². The smallest absolute Gasteiger partial charge is 0.308 e. The molecule has 45 heavy (non-hydrogen) atoms. The van der Waals surface area contributed by atoms with E-state index in [1.54, 1.807) is 0 Å². The first-order chi connectivity index (χ1) is 21.6. The minimum absolute atomic E-state index is 0.0560. The van der Waals surface area contributed by atoms with E-state index in [9.17, 15) is 4.79 Å².